The van der Waals surface area contributed by atoms with Crippen molar-refractivity contribution in [2.75, 3.05) is 39.9 Å². The second kappa shape index (κ2) is 8.08. The Morgan fingerprint density at radius 3 is 2.92 bits per heavy atom. The van der Waals surface area contributed by atoms with Crippen molar-refractivity contribution in [2.45, 2.75) is 32.1 Å². The summed E-state index contributed by atoms with van der Waals surface area (Å²) in [5, 5.41) is 9.20. The van der Waals surface area contributed by atoms with E-state index in [1.807, 2.05) is 29.2 Å². The third-order valence-electron chi connectivity index (χ3n) is 5.62. The van der Waals surface area contributed by atoms with Gasteiger partial charge in [-0.2, -0.15) is 0 Å². The van der Waals surface area contributed by atoms with E-state index in [9.17, 15) is 14.7 Å². The maximum Gasteiger partial charge on any atom is 0.227 e. The molecule has 0 saturated carbocycles. The summed E-state index contributed by atoms with van der Waals surface area (Å²) in [4.78, 5) is 28.6. The van der Waals surface area contributed by atoms with E-state index in [1.54, 1.807) is 12.0 Å². The zero-order valence-electron chi connectivity index (χ0n) is 15.4. The molecule has 0 bridgehead atoms. The second-order valence-corrected chi connectivity index (χ2v) is 7.49. The number of amides is 2. The number of ether oxygens (including phenoxy) is 1. The van der Waals surface area contributed by atoms with E-state index in [-0.39, 0.29) is 23.8 Å². The maximum absolute atomic E-state index is 12.8. The summed E-state index contributed by atoms with van der Waals surface area (Å²) in [7, 11) is 1.62. The molecule has 3 rings (SSSR count). The van der Waals surface area contributed by atoms with Crippen molar-refractivity contribution in [3.8, 4) is 5.75 Å². The summed E-state index contributed by atoms with van der Waals surface area (Å²) in [6, 6.07) is 7.62. The van der Waals surface area contributed by atoms with Gasteiger partial charge in [-0.05, 0) is 37.0 Å². The predicted octanol–water partition coefficient (Wildman–Crippen LogP) is 1.46. The molecule has 0 aromatic heterocycles. The Labute approximate surface area is 154 Å². The van der Waals surface area contributed by atoms with Gasteiger partial charge in [-0.3, -0.25) is 9.59 Å². The minimum absolute atomic E-state index is 0.0136. The molecule has 2 heterocycles. The average molecular weight is 360 g/mol. The number of likely N-dealkylation sites (tertiary alicyclic amines) is 2. The van der Waals surface area contributed by atoms with Crippen LogP contribution in [0.25, 0.3) is 0 Å². The van der Waals surface area contributed by atoms with Crippen LogP contribution in [0.2, 0.25) is 0 Å². The molecule has 142 valence electrons. The lowest BCUT2D eigenvalue weighted by molar-refractivity contribution is -0.143. The first-order valence-corrected chi connectivity index (χ1v) is 9.35. The van der Waals surface area contributed by atoms with Gasteiger partial charge in [0.1, 0.15) is 5.75 Å². The number of aliphatic hydroxyl groups excluding tert-OH is 1. The number of methoxy groups -OCH3 is 1. The summed E-state index contributed by atoms with van der Waals surface area (Å²) >= 11 is 0. The van der Waals surface area contributed by atoms with Crippen LogP contribution >= 0.6 is 0 Å². The van der Waals surface area contributed by atoms with Crippen LogP contribution in [0.15, 0.2) is 24.3 Å². The molecule has 1 aromatic carbocycles. The first kappa shape index (κ1) is 18.7. The SMILES string of the molecule is COc1cccc(CC(=O)N2CCC[C@]3(CCC(=O)N(CCO)C3)C2)c1. The van der Waals surface area contributed by atoms with Crippen LogP contribution in [0.3, 0.4) is 0 Å². The first-order chi connectivity index (χ1) is 12.5. The third-order valence-corrected chi connectivity index (χ3v) is 5.62. The van der Waals surface area contributed by atoms with Gasteiger partial charge in [0.2, 0.25) is 11.8 Å². The van der Waals surface area contributed by atoms with E-state index in [0.717, 1.165) is 37.1 Å². The van der Waals surface area contributed by atoms with Gasteiger partial charge in [0.25, 0.3) is 0 Å². The molecular weight excluding hydrogens is 332 g/mol. The van der Waals surface area contributed by atoms with Gasteiger partial charge in [-0.1, -0.05) is 12.1 Å². The molecule has 6 nitrogen and oxygen atoms in total. The first-order valence-electron chi connectivity index (χ1n) is 9.35. The molecule has 2 fully saturated rings. The number of hydrogen-bond acceptors (Lipinski definition) is 4. The highest BCUT2D eigenvalue weighted by atomic mass is 16.5. The lowest BCUT2D eigenvalue weighted by atomic mass is 9.73. The number of piperidine rings is 2. The molecule has 1 aromatic rings. The fourth-order valence-corrected chi connectivity index (χ4v) is 4.25. The minimum atomic E-state index is -0.0225. The molecule has 0 unspecified atom stereocenters. The molecule has 2 aliphatic heterocycles. The zero-order valence-corrected chi connectivity index (χ0v) is 15.4. The number of nitrogens with zero attached hydrogens (tertiary/aromatic N) is 2. The van der Waals surface area contributed by atoms with Gasteiger partial charge >= 0.3 is 0 Å². The standard InChI is InChI=1S/C20H28N2O4/c1-26-17-5-2-4-16(12-17)13-19(25)21-9-3-7-20(14-21)8-6-18(24)22(15-20)10-11-23/h2,4-5,12,23H,3,6-11,13-15H2,1H3/t20-/m0/s1. The monoisotopic (exact) mass is 360 g/mol. The number of hydrogen-bond donors (Lipinski definition) is 1. The van der Waals surface area contributed by atoms with Gasteiger partial charge in [-0.25, -0.2) is 0 Å². The summed E-state index contributed by atoms with van der Waals surface area (Å²) < 4.78 is 5.23. The minimum Gasteiger partial charge on any atom is -0.497 e. The predicted molar refractivity (Wildman–Crippen MR) is 97.8 cm³/mol. The molecule has 2 aliphatic rings. The van der Waals surface area contributed by atoms with Crippen molar-refractivity contribution in [3.63, 3.8) is 0 Å². The molecule has 2 saturated heterocycles. The normalized spacial score (nSPS) is 23.4. The highest BCUT2D eigenvalue weighted by molar-refractivity contribution is 5.79. The van der Waals surface area contributed by atoms with Gasteiger partial charge in [-0.15, -0.1) is 0 Å². The molecule has 1 spiro atoms. The molecule has 2 amide bonds. The van der Waals surface area contributed by atoms with Crippen LogP contribution in [0, 0.1) is 5.41 Å². The van der Waals surface area contributed by atoms with Crippen LogP contribution in [0.1, 0.15) is 31.2 Å². The quantitative estimate of drug-likeness (QED) is 0.863. The Hall–Kier alpha value is -2.08. The van der Waals surface area contributed by atoms with E-state index in [1.165, 1.54) is 0 Å². The van der Waals surface area contributed by atoms with E-state index < -0.39 is 0 Å². The summed E-state index contributed by atoms with van der Waals surface area (Å²) in [5.74, 6) is 1.00. The van der Waals surface area contributed by atoms with E-state index in [4.69, 9.17) is 4.74 Å². The Bertz CT molecular complexity index is 663. The zero-order chi connectivity index (χ0) is 18.6. The fourth-order valence-electron chi connectivity index (χ4n) is 4.25. The fraction of sp³-hybridized carbons (Fsp3) is 0.600. The van der Waals surface area contributed by atoms with Crippen molar-refractivity contribution in [1.29, 1.82) is 0 Å². The van der Waals surface area contributed by atoms with Crippen molar-refractivity contribution in [1.82, 2.24) is 9.80 Å². The number of β-amino-alcohol motifs (C(OH)–C–C–N with tert-alkyl or cyclic N) is 1. The number of carbonyl (C=O) groups is 2. The highest BCUT2D eigenvalue weighted by Gasteiger charge is 2.42. The van der Waals surface area contributed by atoms with Crippen LogP contribution in [-0.2, 0) is 16.0 Å². The van der Waals surface area contributed by atoms with Gasteiger partial charge < -0.3 is 19.6 Å². The van der Waals surface area contributed by atoms with Crippen molar-refractivity contribution >= 4 is 11.8 Å². The Morgan fingerprint density at radius 2 is 2.15 bits per heavy atom. The van der Waals surface area contributed by atoms with Gasteiger partial charge in [0, 0.05) is 38.0 Å². The van der Waals surface area contributed by atoms with Crippen LogP contribution < -0.4 is 4.74 Å². The largest absolute Gasteiger partial charge is 0.497 e. The van der Waals surface area contributed by atoms with E-state index in [2.05, 4.69) is 0 Å². The lowest BCUT2D eigenvalue weighted by Gasteiger charge is -2.48. The average Bonchev–Trinajstić information content (AvgIpc) is 2.65. The summed E-state index contributed by atoms with van der Waals surface area (Å²) in [5.41, 5.74) is 0.931. The number of rotatable bonds is 5. The molecule has 26 heavy (non-hydrogen) atoms. The molecule has 1 atom stereocenters. The molecule has 6 heteroatoms. The van der Waals surface area contributed by atoms with Crippen LogP contribution in [0.5, 0.6) is 5.75 Å². The summed E-state index contributed by atoms with van der Waals surface area (Å²) in [6.07, 6.45) is 3.71. The van der Waals surface area contributed by atoms with Crippen LogP contribution in [0.4, 0.5) is 0 Å². The number of benzene rings is 1. The second-order valence-electron chi connectivity index (χ2n) is 7.49. The van der Waals surface area contributed by atoms with E-state index in [0.29, 0.717) is 32.5 Å². The van der Waals surface area contributed by atoms with Crippen molar-refractivity contribution < 1.29 is 19.4 Å². The maximum atomic E-state index is 12.8. The van der Waals surface area contributed by atoms with E-state index >= 15 is 0 Å². The van der Waals surface area contributed by atoms with Crippen LogP contribution in [-0.4, -0.2) is 66.6 Å². The topological polar surface area (TPSA) is 70.1 Å². The smallest absolute Gasteiger partial charge is 0.227 e. The van der Waals surface area contributed by atoms with Gasteiger partial charge in [0.05, 0.1) is 20.1 Å². The molecule has 0 radical (unpaired) electrons. The Morgan fingerprint density at radius 1 is 1.31 bits per heavy atom. The number of aliphatic hydroxyl groups is 1. The Balaban J connectivity index is 1.65. The molecule has 1 N–H and O–H groups in total. The van der Waals surface area contributed by atoms with Crippen molar-refractivity contribution in [3.05, 3.63) is 29.8 Å². The lowest BCUT2D eigenvalue weighted by Crippen LogP contribution is -2.55. The summed E-state index contributed by atoms with van der Waals surface area (Å²) in [6.45, 7) is 2.50. The van der Waals surface area contributed by atoms with Crippen molar-refractivity contribution in [2.24, 2.45) is 5.41 Å². The highest BCUT2D eigenvalue weighted by Crippen LogP contribution is 2.39. The third kappa shape index (κ3) is 4.18. The Kier molecular flexibility index (Phi) is 5.81. The molecule has 0 aliphatic carbocycles. The number of carbonyl (C=O) groups excluding carboxylic acids is 2. The molecular formula is C20H28N2O4. The van der Waals surface area contributed by atoms with Gasteiger partial charge in [0.15, 0.2) is 0 Å².